The summed E-state index contributed by atoms with van der Waals surface area (Å²) in [6, 6.07) is -1.57. The van der Waals surface area contributed by atoms with Crippen LogP contribution in [0.1, 0.15) is 382 Å². The Hall–Kier alpha value is -3.56. The standard InChI is InChI=1S/C87H166N4O18P2/c1-9-15-21-27-31-35-39-45-49-55-78(92)69-84(96)90-76(72-102-65-61-80(57-51-43-25-19-13-5)108-86(98)59-53-47-41-37-33-29-23-17-11-3)74-106-110(7,100)104-67-63-88-82(94)71-83(95)89-64-68-105-111(8,101)107-75-77(91-85(97)70-79(93)56-50-46-40-36-32-28-22-16-10-2)73-103-66-62-81(58-52-44-26-20-14-6)109-87(99)60-54-48-42-38-34-30-24-18-12-4/h37-38,41-42,76-81,92-93H,9-36,39-40,43-75H2,1-8H3,(H,88,94)(H,89,95)(H,90,96)(H,91,97)/b41-37-,42-38-/t76?,77?,78-,79-,80?,81?,110?,111?/m1/s1. The SMILES string of the molecule is CCCCCC/C=C\CCCC(=O)OC(CCCCCCC)CCOCC(COP(C)(=O)OCCNC(=O)CC(=O)NCCOP(C)(=O)OCC(COCCC(CCCCCCC)OC(=O)CCC/C=C\CCCCCC)NC(=O)C[C@H](O)CCCCCCCCCCC)NC(=O)C[C@H](O)CCCCCCCCCCC. The fourth-order valence-electron chi connectivity index (χ4n) is 12.9. The largest absolute Gasteiger partial charge is 0.462 e. The molecular formula is C87H166N4O18P2. The maximum atomic E-state index is 13.6. The predicted molar refractivity (Wildman–Crippen MR) is 451 cm³/mol. The Bertz CT molecular complexity index is 2230. The van der Waals surface area contributed by atoms with Crippen LogP contribution in [0.2, 0.25) is 0 Å². The molecule has 0 aromatic rings. The molecule has 0 rings (SSSR count). The Morgan fingerprint density at radius 1 is 0.333 bits per heavy atom. The van der Waals surface area contributed by atoms with Crippen molar-refractivity contribution in [3.05, 3.63) is 24.3 Å². The number of carbonyl (C=O) groups excluding carboxylic acids is 6. The normalized spacial score (nSPS) is 14.5. The summed E-state index contributed by atoms with van der Waals surface area (Å²) in [5.74, 6) is -2.58. The molecule has 0 saturated carbocycles. The first kappa shape index (κ1) is 107. The van der Waals surface area contributed by atoms with Crippen molar-refractivity contribution in [2.45, 2.75) is 418 Å². The fraction of sp³-hybridized carbons (Fsp3) is 0.885. The topological polar surface area (TPSA) is 299 Å². The highest BCUT2D eigenvalue weighted by Gasteiger charge is 2.26. The molecule has 6 N–H and O–H groups in total. The van der Waals surface area contributed by atoms with E-state index in [1.54, 1.807) is 0 Å². The number of hydrogen-bond acceptors (Lipinski definition) is 18. The third-order valence-electron chi connectivity index (χ3n) is 19.6. The summed E-state index contributed by atoms with van der Waals surface area (Å²) >= 11 is 0. The van der Waals surface area contributed by atoms with E-state index in [0.29, 0.717) is 64.2 Å². The smallest absolute Gasteiger partial charge is 0.327 e. The molecule has 0 aliphatic rings. The van der Waals surface area contributed by atoms with Gasteiger partial charge < -0.3 is 68.5 Å². The molecule has 0 aromatic heterocycles. The van der Waals surface area contributed by atoms with E-state index in [0.717, 1.165) is 141 Å². The summed E-state index contributed by atoms with van der Waals surface area (Å²) < 4.78 is 74.2. The number of hydrogen-bond donors (Lipinski definition) is 6. The van der Waals surface area contributed by atoms with Crippen LogP contribution in [0, 0.1) is 0 Å². The molecule has 6 unspecified atom stereocenters. The van der Waals surface area contributed by atoms with E-state index in [2.05, 4.69) is 87.1 Å². The highest BCUT2D eigenvalue weighted by molar-refractivity contribution is 7.53. The van der Waals surface area contributed by atoms with Gasteiger partial charge in [-0.1, -0.05) is 271 Å². The van der Waals surface area contributed by atoms with E-state index in [4.69, 9.17) is 37.0 Å². The van der Waals surface area contributed by atoms with Crippen LogP contribution in [0.15, 0.2) is 24.3 Å². The second kappa shape index (κ2) is 77.7. The second-order valence-electron chi connectivity index (χ2n) is 30.9. The van der Waals surface area contributed by atoms with Crippen molar-refractivity contribution < 1.29 is 85.2 Å². The maximum absolute atomic E-state index is 13.6. The fourth-order valence-corrected chi connectivity index (χ4v) is 14.8. The van der Waals surface area contributed by atoms with Gasteiger partial charge >= 0.3 is 27.1 Å². The molecule has 0 aliphatic heterocycles. The van der Waals surface area contributed by atoms with Crippen LogP contribution in [-0.4, -0.2) is 162 Å². The monoisotopic (exact) mass is 1620 g/mol. The van der Waals surface area contributed by atoms with Crippen LogP contribution >= 0.6 is 15.2 Å². The Balaban J connectivity index is 5.66. The number of aliphatic hydroxyl groups is 2. The zero-order valence-corrected chi connectivity index (χ0v) is 73.4. The quantitative estimate of drug-likeness (QED) is 0.0108. The highest BCUT2D eigenvalue weighted by Crippen LogP contribution is 2.44. The minimum Gasteiger partial charge on any atom is -0.462 e. The third-order valence-corrected chi connectivity index (χ3v) is 22.2. The van der Waals surface area contributed by atoms with Gasteiger partial charge in [-0.05, 0) is 89.9 Å². The van der Waals surface area contributed by atoms with Gasteiger partial charge in [-0.3, -0.25) is 37.9 Å². The number of rotatable bonds is 84. The minimum atomic E-state index is -3.79. The summed E-state index contributed by atoms with van der Waals surface area (Å²) in [6.07, 6.45) is 55.5. The zero-order valence-electron chi connectivity index (χ0n) is 71.6. The average Bonchev–Trinajstić information content (AvgIpc) is 0.911. The van der Waals surface area contributed by atoms with Crippen molar-refractivity contribution in [1.82, 2.24) is 21.3 Å². The molecule has 24 heteroatoms. The van der Waals surface area contributed by atoms with Crippen LogP contribution in [0.25, 0.3) is 0 Å². The number of aliphatic hydroxyl groups excluding tert-OH is 2. The molecule has 0 aromatic carbocycles. The summed E-state index contributed by atoms with van der Waals surface area (Å²) in [6.45, 7) is 14.9. The van der Waals surface area contributed by atoms with Crippen molar-refractivity contribution in [1.29, 1.82) is 0 Å². The van der Waals surface area contributed by atoms with Crippen molar-refractivity contribution in [3.63, 3.8) is 0 Å². The van der Waals surface area contributed by atoms with Crippen molar-refractivity contribution in [2.75, 3.05) is 79.3 Å². The van der Waals surface area contributed by atoms with Gasteiger partial charge in [-0.25, -0.2) is 0 Å². The van der Waals surface area contributed by atoms with Crippen molar-refractivity contribution in [2.24, 2.45) is 0 Å². The van der Waals surface area contributed by atoms with Crippen molar-refractivity contribution in [3.8, 4) is 0 Å². The maximum Gasteiger partial charge on any atom is 0.327 e. The predicted octanol–water partition coefficient (Wildman–Crippen LogP) is 20.4. The van der Waals surface area contributed by atoms with Crippen LogP contribution in [0.3, 0.4) is 0 Å². The van der Waals surface area contributed by atoms with E-state index in [1.807, 2.05) is 0 Å². The van der Waals surface area contributed by atoms with Gasteiger partial charge in [-0.2, -0.15) is 0 Å². The number of ether oxygens (including phenoxy) is 4. The summed E-state index contributed by atoms with van der Waals surface area (Å²) in [5, 5.41) is 32.6. The lowest BCUT2D eigenvalue weighted by molar-refractivity contribution is -0.151. The van der Waals surface area contributed by atoms with E-state index < -0.39 is 69.5 Å². The van der Waals surface area contributed by atoms with Gasteiger partial charge in [0.2, 0.25) is 23.6 Å². The molecule has 111 heavy (non-hydrogen) atoms. The lowest BCUT2D eigenvalue weighted by Gasteiger charge is -2.23. The minimum absolute atomic E-state index is 0.0241. The molecule has 0 aliphatic carbocycles. The van der Waals surface area contributed by atoms with Gasteiger partial charge in [0.05, 0.1) is 90.0 Å². The summed E-state index contributed by atoms with van der Waals surface area (Å²) in [7, 11) is -7.58. The average molecular weight is 1620 g/mol. The molecule has 0 saturated heterocycles. The van der Waals surface area contributed by atoms with Crippen LogP contribution in [0.5, 0.6) is 0 Å². The molecule has 0 bridgehead atoms. The van der Waals surface area contributed by atoms with Crippen LogP contribution < -0.4 is 21.3 Å². The van der Waals surface area contributed by atoms with E-state index >= 15 is 0 Å². The molecule has 0 fully saturated rings. The van der Waals surface area contributed by atoms with Gasteiger partial charge in [0.15, 0.2) is 0 Å². The van der Waals surface area contributed by atoms with Gasteiger partial charge in [0.25, 0.3) is 0 Å². The van der Waals surface area contributed by atoms with Crippen molar-refractivity contribution >= 4 is 50.8 Å². The number of carbonyl (C=O) groups is 6. The number of amides is 4. The van der Waals surface area contributed by atoms with Gasteiger partial charge in [0.1, 0.15) is 18.6 Å². The first-order chi connectivity index (χ1) is 53.7. The molecule has 4 amide bonds. The molecule has 0 spiro atoms. The van der Waals surface area contributed by atoms with E-state index in [9.17, 15) is 48.1 Å². The molecule has 0 heterocycles. The Labute approximate surface area is 675 Å². The number of allylic oxidation sites excluding steroid dienone is 4. The lowest BCUT2D eigenvalue weighted by Crippen LogP contribution is -2.42. The second-order valence-corrected chi connectivity index (χ2v) is 35.1. The number of nitrogens with one attached hydrogen (secondary N) is 4. The highest BCUT2D eigenvalue weighted by atomic mass is 31.2. The molecule has 8 atom stereocenters. The Morgan fingerprint density at radius 3 is 0.946 bits per heavy atom. The molecule has 652 valence electrons. The first-order valence-corrected chi connectivity index (χ1v) is 48.7. The van der Waals surface area contributed by atoms with E-state index in [1.165, 1.54) is 129 Å². The van der Waals surface area contributed by atoms with Crippen LogP contribution in [0.4, 0.5) is 0 Å². The molecular weight excluding hydrogens is 1450 g/mol. The zero-order chi connectivity index (χ0) is 81.8. The van der Waals surface area contributed by atoms with Gasteiger partial charge in [-0.15, -0.1) is 0 Å². The first-order valence-electron chi connectivity index (χ1n) is 44.8. The van der Waals surface area contributed by atoms with Gasteiger partial charge in [0, 0.05) is 52.1 Å². The Kier molecular flexibility index (Phi) is 75.2. The number of esters is 2. The summed E-state index contributed by atoms with van der Waals surface area (Å²) in [4.78, 5) is 78.6. The molecule has 0 radical (unpaired) electrons. The summed E-state index contributed by atoms with van der Waals surface area (Å²) in [5.41, 5.74) is 0. The van der Waals surface area contributed by atoms with E-state index in [-0.39, 0.29) is 103 Å². The lowest BCUT2D eigenvalue weighted by atomic mass is 10.0. The Morgan fingerprint density at radius 2 is 0.622 bits per heavy atom. The number of unbranched alkanes of at least 4 members (excludes halogenated alkanes) is 34. The molecule has 22 nitrogen and oxygen atoms in total. The third kappa shape index (κ3) is 75.0. The van der Waals surface area contributed by atoms with Crippen LogP contribution in [-0.2, 0) is 74.9 Å².